The van der Waals surface area contributed by atoms with E-state index in [1.54, 1.807) is 41.3 Å². The van der Waals surface area contributed by atoms with Crippen LogP contribution in [0.4, 0.5) is 13.2 Å². The molecular weight excluding hydrogens is 495 g/mol. The first-order valence-corrected chi connectivity index (χ1v) is 12.5. The number of carbonyl (C=O) groups excluding carboxylic acids is 1. The largest absolute Gasteiger partial charge is 0.496 e. The lowest BCUT2D eigenvalue weighted by atomic mass is 10.1. The van der Waals surface area contributed by atoms with Crippen molar-refractivity contribution in [1.82, 2.24) is 4.90 Å². The normalized spacial score (nSPS) is 12.6. The van der Waals surface area contributed by atoms with E-state index in [0.29, 0.717) is 29.4 Å². The third-order valence-corrected chi connectivity index (χ3v) is 6.90. The highest BCUT2D eigenvalue weighted by atomic mass is 32.2. The van der Waals surface area contributed by atoms with Crippen molar-refractivity contribution < 1.29 is 35.3 Å². The molecule has 10 heteroatoms. The highest BCUT2D eigenvalue weighted by Crippen LogP contribution is 2.31. The smallest absolute Gasteiger partial charge is 0.416 e. The van der Waals surface area contributed by atoms with Crippen LogP contribution in [0.15, 0.2) is 77.7 Å². The number of rotatable bonds is 9. The molecule has 0 aromatic heterocycles. The Morgan fingerprint density at radius 3 is 2.28 bits per heavy atom. The molecule has 1 unspecified atom stereocenters. The van der Waals surface area contributed by atoms with Crippen LogP contribution in [0, 0.1) is 0 Å². The molecule has 3 rings (SSSR count). The molecule has 0 aliphatic carbocycles. The van der Waals surface area contributed by atoms with E-state index in [4.69, 9.17) is 8.92 Å². The molecule has 0 aliphatic rings. The molecule has 0 bridgehead atoms. The summed E-state index contributed by atoms with van der Waals surface area (Å²) < 4.78 is 74.3. The van der Waals surface area contributed by atoms with Gasteiger partial charge in [0, 0.05) is 12.6 Å². The van der Waals surface area contributed by atoms with Crippen molar-refractivity contribution in [3.63, 3.8) is 0 Å². The van der Waals surface area contributed by atoms with Gasteiger partial charge >= 0.3 is 16.3 Å². The van der Waals surface area contributed by atoms with E-state index < -0.39 is 26.8 Å². The van der Waals surface area contributed by atoms with E-state index in [1.165, 1.54) is 19.2 Å². The van der Waals surface area contributed by atoms with Gasteiger partial charge in [-0.15, -0.1) is 0 Å². The summed E-state index contributed by atoms with van der Waals surface area (Å²) in [7, 11) is -2.99. The van der Waals surface area contributed by atoms with Gasteiger partial charge in [-0.05, 0) is 61.4 Å². The van der Waals surface area contributed by atoms with Gasteiger partial charge in [0.25, 0.3) is 5.91 Å². The average Bonchev–Trinajstić information content (AvgIpc) is 2.86. The monoisotopic (exact) mass is 521 g/mol. The van der Waals surface area contributed by atoms with Crippen LogP contribution >= 0.6 is 0 Å². The number of hydrogen-bond donors (Lipinski definition) is 0. The maximum atomic E-state index is 13.3. The molecule has 0 saturated carbocycles. The highest BCUT2D eigenvalue weighted by Gasteiger charge is 2.32. The number of methoxy groups -OCH3 is 1. The summed E-state index contributed by atoms with van der Waals surface area (Å²) in [6, 6.07) is 16.1. The number of hydrogen-bond acceptors (Lipinski definition) is 5. The van der Waals surface area contributed by atoms with Crippen LogP contribution in [0.5, 0.6) is 11.5 Å². The second-order valence-corrected chi connectivity index (χ2v) is 9.64. The topological polar surface area (TPSA) is 72.9 Å². The molecule has 1 amide bonds. The van der Waals surface area contributed by atoms with Crippen molar-refractivity contribution in [2.24, 2.45) is 0 Å². The van der Waals surface area contributed by atoms with Crippen LogP contribution in [0.1, 0.15) is 41.8 Å². The average molecular weight is 522 g/mol. The quantitative estimate of drug-likeness (QED) is 0.327. The number of halogens is 3. The highest BCUT2D eigenvalue weighted by molar-refractivity contribution is 7.87. The van der Waals surface area contributed by atoms with Crippen LogP contribution in [-0.2, 0) is 22.8 Å². The number of nitrogens with zero attached hydrogens (tertiary/aromatic N) is 1. The van der Waals surface area contributed by atoms with Gasteiger partial charge < -0.3 is 13.8 Å². The summed E-state index contributed by atoms with van der Waals surface area (Å²) in [6.07, 6.45) is -3.98. The molecule has 3 aromatic rings. The Morgan fingerprint density at radius 1 is 1.00 bits per heavy atom. The van der Waals surface area contributed by atoms with Gasteiger partial charge in [0.1, 0.15) is 16.4 Å². The fourth-order valence-electron chi connectivity index (χ4n) is 3.47. The van der Waals surface area contributed by atoms with E-state index in [0.717, 1.165) is 18.2 Å². The van der Waals surface area contributed by atoms with Crippen molar-refractivity contribution in [2.75, 3.05) is 7.11 Å². The predicted octanol–water partition coefficient (Wildman–Crippen LogP) is 5.92. The minimum atomic E-state index is -4.68. The summed E-state index contributed by atoms with van der Waals surface area (Å²) in [5.74, 6) is 0.177. The van der Waals surface area contributed by atoms with Gasteiger partial charge in [-0.1, -0.05) is 37.3 Å². The first-order valence-electron chi connectivity index (χ1n) is 11.1. The van der Waals surface area contributed by atoms with Gasteiger partial charge in [-0.2, -0.15) is 21.6 Å². The SMILES string of the molecule is CCC(C)N(Cc1ccc(OS(=O)(=O)c2cccc(C(F)(F)F)c2)cc1)C(=O)c1ccccc1OC. The van der Waals surface area contributed by atoms with E-state index in [9.17, 15) is 26.4 Å². The van der Waals surface area contributed by atoms with Crippen molar-refractivity contribution in [1.29, 1.82) is 0 Å². The molecule has 36 heavy (non-hydrogen) atoms. The first kappa shape index (κ1) is 27.1. The van der Waals surface area contributed by atoms with Crippen molar-refractivity contribution in [3.05, 3.63) is 89.5 Å². The third-order valence-electron chi connectivity index (χ3n) is 5.65. The van der Waals surface area contributed by atoms with E-state index in [-0.39, 0.29) is 24.2 Å². The van der Waals surface area contributed by atoms with Gasteiger partial charge in [0.15, 0.2) is 0 Å². The lowest BCUT2D eigenvalue weighted by molar-refractivity contribution is -0.137. The van der Waals surface area contributed by atoms with Gasteiger partial charge in [-0.25, -0.2) is 0 Å². The Kier molecular flexibility index (Phi) is 8.29. The van der Waals surface area contributed by atoms with E-state index >= 15 is 0 Å². The van der Waals surface area contributed by atoms with Crippen molar-refractivity contribution in [3.8, 4) is 11.5 Å². The van der Waals surface area contributed by atoms with Crippen molar-refractivity contribution >= 4 is 16.0 Å². The maximum absolute atomic E-state index is 13.3. The lowest BCUT2D eigenvalue weighted by Gasteiger charge is -2.29. The zero-order chi connectivity index (χ0) is 26.5. The predicted molar refractivity (Wildman–Crippen MR) is 128 cm³/mol. The fourth-order valence-corrected chi connectivity index (χ4v) is 4.45. The molecule has 0 N–H and O–H groups in total. The van der Waals surface area contributed by atoms with Crippen LogP contribution in [0.25, 0.3) is 0 Å². The summed E-state index contributed by atoms with van der Waals surface area (Å²) in [5.41, 5.74) is 0.0437. The minimum Gasteiger partial charge on any atom is -0.496 e. The molecule has 1 atom stereocenters. The Labute approximate surface area is 208 Å². The zero-order valence-corrected chi connectivity index (χ0v) is 20.8. The Hall–Kier alpha value is -3.53. The molecule has 0 saturated heterocycles. The van der Waals surface area contributed by atoms with E-state index in [2.05, 4.69) is 0 Å². The molecule has 0 spiro atoms. The van der Waals surface area contributed by atoms with Gasteiger partial charge in [-0.3, -0.25) is 4.79 Å². The maximum Gasteiger partial charge on any atom is 0.416 e. The van der Waals surface area contributed by atoms with E-state index in [1.807, 2.05) is 13.8 Å². The molecule has 3 aromatic carbocycles. The number of ether oxygens (including phenoxy) is 1. The summed E-state index contributed by atoms with van der Waals surface area (Å²) in [6.45, 7) is 4.13. The molecule has 0 radical (unpaired) electrons. The molecule has 6 nitrogen and oxygen atoms in total. The summed E-state index contributed by atoms with van der Waals surface area (Å²) in [5, 5.41) is 0. The summed E-state index contributed by atoms with van der Waals surface area (Å²) in [4.78, 5) is 14.4. The number of para-hydroxylation sites is 1. The van der Waals surface area contributed by atoms with Crippen molar-refractivity contribution in [2.45, 2.75) is 43.9 Å². The lowest BCUT2D eigenvalue weighted by Crippen LogP contribution is -2.38. The number of carbonyl (C=O) groups is 1. The number of alkyl halides is 3. The van der Waals surface area contributed by atoms with Gasteiger partial charge in [0.05, 0.1) is 18.2 Å². The van der Waals surface area contributed by atoms with Crippen LogP contribution in [0.2, 0.25) is 0 Å². The van der Waals surface area contributed by atoms with Crippen LogP contribution < -0.4 is 8.92 Å². The second kappa shape index (κ2) is 11.0. The molecule has 0 fully saturated rings. The Morgan fingerprint density at radius 2 is 1.67 bits per heavy atom. The van der Waals surface area contributed by atoms with Crippen LogP contribution in [0.3, 0.4) is 0 Å². The first-order chi connectivity index (χ1) is 17.0. The standard InChI is InChI=1S/C26H26F3NO5S/c1-4-18(2)30(25(31)23-10-5-6-11-24(23)34-3)17-19-12-14-21(15-13-19)35-36(32,33)22-9-7-8-20(16-22)26(27,28)29/h5-16,18H,4,17H2,1-3H3. The second-order valence-electron chi connectivity index (χ2n) is 8.10. The fraction of sp³-hybridized carbons (Fsp3) is 0.269. The molecule has 0 aliphatic heterocycles. The third kappa shape index (κ3) is 6.37. The minimum absolute atomic E-state index is 0.0673. The number of benzene rings is 3. The Bertz CT molecular complexity index is 1310. The molecular formula is C26H26F3NO5S. The zero-order valence-electron chi connectivity index (χ0n) is 20.0. The summed E-state index contributed by atoms with van der Waals surface area (Å²) >= 11 is 0. The van der Waals surface area contributed by atoms with Gasteiger partial charge in [0.2, 0.25) is 0 Å². The number of amides is 1. The van der Waals surface area contributed by atoms with Crippen LogP contribution in [-0.4, -0.2) is 32.4 Å². The molecule has 0 heterocycles. The molecule has 192 valence electrons. The Balaban J connectivity index is 1.79.